The molecule has 5 rings (SSSR count). The number of aromatic nitrogens is 2. The van der Waals surface area contributed by atoms with Crippen molar-refractivity contribution < 1.29 is 4.79 Å². The zero-order chi connectivity index (χ0) is 21.2. The van der Waals surface area contributed by atoms with Gasteiger partial charge in [0.15, 0.2) is 0 Å². The van der Waals surface area contributed by atoms with E-state index in [0.717, 1.165) is 64.5 Å². The van der Waals surface area contributed by atoms with Crippen LogP contribution in [0.15, 0.2) is 71.5 Å². The number of fused-ring (bicyclic) bond motifs is 2. The standard InChI is InChI=1S/C26H23N3O2/c30-25(20-13-12-18-7-1-2-8-19(18)16-20)27-21-9-5-6-17(14-21)15-24-22-10-3-4-11-23(22)26(31)29-28-24/h1-2,5-9,12-14,16H,3-4,10-11,15H2,(H,27,30)(H,29,31). The Balaban J connectivity index is 1.37. The van der Waals surface area contributed by atoms with Crippen LogP contribution in [-0.4, -0.2) is 16.1 Å². The Bertz CT molecular complexity index is 1340. The molecule has 1 amide bonds. The molecule has 1 aliphatic carbocycles. The molecule has 0 saturated heterocycles. The summed E-state index contributed by atoms with van der Waals surface area (Å²) in [5.74, 6) is -0.137. The maximum atomic E-state index is 12.8. The number of amides is 1. The van der Waals surface area contributed by atoms with Crippen LogP contribution in [0.25, 0.3) is 10.8 Å². The van der Waals surface area contributed by atoms with Crippen LogP contribution >= 0.6 is 0 Å². The SMILES string of the molecule is O=C(Nc1cccc(Cc2n[nH]c(=O)c3c2CCCC3)c1)c1ccc2ccccc2c1. The maximum Gasteiger partial charge on any atom is 0.267 e. The number of H-pyrrole nitrogens is 1. The van der Waals surface area contributed by atoms with Gasteiger partial charge in [-0.25, -0.2) is 5.10 Å². The molecule has 154 valence electrons. The fourth-order valence-electron chi connectivity index (χ4n) is 4.36. The van der Waals surface area contributed by atoms with Crippen LogP contribution in [0.4, 0.5) is 5.69 Å². The second kappa shape index (κ2) is 8.19. The van der Waals surface area contributed by atoms with E-state index in [0.29, 0.717) is 12.0 Å². The minimum atomic E-state index is -0.137. The monoisotopic (exact) mass is 409 g/mol. The van der Waals surface area contributed by atoms with E-state index in [1.807, 2.05) is 66.7 Å². The third-order valence-corrected chi connectivity index (χ3v) is 5.95. The van der Waals surface area contributed by atoms with Gasteiger partial charge in [-0.15, -0.1) is 0 Å². The van der Waals surface area contributed by atoms with Crippen LogP contribution in [0.1, 0.15) is 45.6 Å². The number of hydrogen-bond acceptors (Lipinski definition) is 3. The van der Waals surface area contributed by atoms with Crippen LogP contribution in [-0.2, 0) is 19.3 Å². The molecule has 3 aromatic carbocycles. The largest absolute Gasteiger partial charge is 0.322 e. The van der Waals surface area contributed by atoms with Crippen molar-refractivity contribution in [3.05, 3.63) is 105 Å². The lowest BCUT2D eigenvalue weighted by Gasteiger charge is -2.17. The molecular formula is C26H23N3O2. The summed E-state index contributed by atoms with van der Waals surface area (Å²) in [4.78, 5) is 24.9. The lowest BCUT2D eigenvalue weighted by molar-refractivity contribution is 0.102. The number of aromatic amines is 1. The minimum absolute atomic E-state index is 0.0603. The van der Waals surface area contributed by atoms with E-state index in [9.17, 15) is 9.59 Å². The molecule has 31 heavy (non-hydrogen) atoms. The van der Waals surface area contributed by atoms with Crippen molar-refractivity contribution in [1.29, 1.82) is 0 Å². The van der Waals surface area contributed by atoms with Gasteiger partial charge in [0, 0.05) is 23.2 Å². The molecule has 0 radical (unpaired) electrons. The summed E-state index contributed by atoms with van der Waals surface area (Å²) in [6.45, 7) is 0. The van der Waals surface area contributed by atoms with Gasteiger partial charge in [-0.05, 0) is 71.8 Å². The number of rotatable bonds is 4. The molecule has 0 fully saturated rings. The zero-order valence-corrected chi connectivity index (χ0v) is 17.2. The van der Waals surface area contributed by atoms with Gasteiger partial charge in [0.2, 0.25) is 0 Å². The van der Waals surface area contributed by atoms with Gasteiger partial charge in [0.1, 0.15) is 0 Å². The van der Waals surface area contributed by atoms with Crippen molar-refractivity contribution in [3.8, 4) is 0 Å². The van der Waals surface area contributed by atoms with Gasteiger partial charge in [0.25, 0.3) is 11.5 Å². The summed E-state index contributed by atoms with van der Waals surface area (Å²) in [5.41, 5.74) is 5.26. The fraction of sp³-hybridized carbons (Fsp3) is 0.192. The van der Waals surface area contributed by atoms with Crippen LogP contribution in [0, 0.1) is 0 Å². The average molecular weight is 409 g/mol. The topological polar surface area (TPSA) is 74.8 Å². The van der Waals surface area contributed by atoms with Crippen LogP contribution in [0.5, 0.6) is 0 Å². The Morgan fingerprint density at radius 1 is 0.903 bits per heavy atom. The van der Waals surface area contributed by atoms with Crippen molar-refractivity contribution in [2.45, 2.75) is 32.1 Å². The van der Waals surface area contributed by atoms with Gasteiger partial charge < -0.3 is 5.32 Å². The lowest BCUT2D eigenvalue weighted by atomic mass is 9.90. The molecule has 4 aromatic rings. The molecule has 5 heteroatoms. The molecular weight excluding hydrogens is 386 g/mol. The molecule has 0 bridgehead atoms. The second-order valence-electron chi connectivity index (χ2n) is 8.06. The van der Waals surface area contributed by atoms with E-state index >= 15 is 0 Å². The normalized spacial score (nSPS) is 13.0. The molecule has 0 saturated carbocycles. The smallest absolute Gasteiger partial charge is 0.267 e. The third-order valence-electron chi connectivity index (χ3n) is 5.95. The van der Waals surface area contributed by atoms with Crippen molar-refractivity contribution in [1.82, 2.24) is 10.2 Å². The van der Waals surface area contributed by atoms with Gasteiger partial charge in [-0.3, -0.25) is 9.59 Å². The molecule has 0 aliphatic heterocycles. The van der Waals surface area contributed by atoms with E-state index in [2.05, 4.69) is 15.5 Å². The number of nitrogens with zero attached hydrogens (tertiary/aromatic N) is 1. The molecule has 0 unspecified atom stereocenters. The second-order valence-corrected chi connectivity index (χ2v) is 8.06. The number of hydrogen-bond donors (Lipinski definition) is 2. The third kappa shape index (κ3) is 3.99. The van der Waals surface area contributed by atoms with Crippen LogP contribution < -0.4 is 10.9 Å². The Labute approximate surface area is 180 Å². The van der Waals surface area contributed by atoms with Gasteiger partial charge in [-0.1, -0.05) is 42.5 Å². The number of nitrogens with one attached hydrogen (secondary N) is 2. The fourth-order valence-corrected chi connectivity index (χ4v) is 4.36. The zero-order valence-electron chi connectivity index (χ0n) is 17.2. The van der Waals surface area contributed by atoms with Crippen molar-refractivity contribution >= 4 is 22.4 Å². The van der Waals surface area contributed by atoms with Crippen molar-refractivity contribution in [3.63, 3.8) is 0 Å². The first-order chi connectivity index (χ1) is 15.2. The van der Waals surface area contributed by atoms with E-state index in [1.165, 1.54) is 0 Å². The Kier molecular flexibility index (Phi) is 5.08. The number of benzene rings is 3. The average Bonchev–Trinajstić information content (AvgIpc) is 2.81. The summed E-state index contributed by atoms with van der Waals surface area (Å²) in [7, 11) is 0. The first kappa shape index (κ1) is 19.2. The van der Waals surface area contributed by atoms with E-state index < -0.39 is 0 Å². The highest BCUT2D eigenvalue weighted by Gasteiger charge is 2.18. The van der Waals surface area contributed by atoms with E-state index in [1.54, 1.807) is 0 Å². The number of carbonyl (C=O) groups is 1. The first-order valence-corrected chi connectivity index (χ1v) is 10.7. The summed E-state index contributed by atoms with van der Waals surface area (Å²) in [5, 5.41) is 12.1. The van der Waals surface area contributed by atoms with Crippen molar-refractivity contribution in [2.75, 3.05) is 5.32 Å². The Morgan fingerprint density at radius 2 is 1.71 bits per heavy atom. The van der Waals surface area contributed by atoms with Gasteiger partial charge in [0.05, 0.1) is 5.69 Å². The highest BCUT2D eigenvalue weighted by Crippen LogP contribution is 2.23. The first-order valence-electron chi connectivity index (χ1n) is 10.7. The molecule has 5 nitrogen and oxygen atoms in total. The summed E-state index contributed by atoms with van der Waals surface area (Å²) < 4.78 is 0. The highest BCUT2D eigenvalue weighted by atomic mass is 16.1. The summed E-state index contributed by atoms with van der Waals surface area (Å²) >= 11 is 0. The molecule has 1 aromatic heterocycles. The quantitative estimate of drug-likeness (QED) is 0.515. The molecule has 0 atom stereocenters. The summed E-state index contributed by atoms with van der Waals surface area (Å²) in [6, 6.07) is 21.5. The maximum absolute atomic E-state index is 12.8. The molecule has 1 heterocycles. The molecule has 1 aliphatic rings. The lowest BCUT2D eigenvalue weighted by Crippen LogP contribution is -2.23. The van der Waals surface area contributed by atoms with Crippen molar-refractivity contribution in [2.24, 2.45) is 0 Å². The Morgan fingerprint density at radius 3 is 2.58 bits per heavy atom. The molecule has 2 N–H and O–H groups in total. The highest BCUT2D eigenvalue weighted by molar-refractivity contribution is 6.06. The number of carbonyl (C=O) groups excluding carboxylic acids is 1. The van der Waals surface area contributed by atoms with E-state index in [-0.39, 0.29) is 11.5 Å². The van der Waals surface area contributed by atoms with Gasteiger partial charge in [-0.2, -0.15) is 5.10 Å². The summed E-state index contributed by atoms with van der Waals surface area (Å²) in [6.07, 6.45) is 4.49. The molecule has 0 spiro atoms. The predicted octanol–water partition coefficient (Wildman–Crippen LogP) is 4.65. The number of anilines is 1. The minimum Gasteiger partial charge on any atom is -0.322 e. The Hall–Kier alpha value is -3.73. The van der Waals surface area contributed by atoms with Crippen LogP contribution in [0.2, 0.25) is 0 Å². The predicted molar refractivity (Wildman–Crippen MR) is 123 cm³/mol. The van der Waals surface area contributed by atoms with Crippen LogP contribution in [0.3, 0.4) is 0 Å². The van der Waals surface area contributed by atoms with Gasteiger partial charge >= 0.3 is 0 Å². The van der Waals surface area contributed by atoms with E-state index in [4.69, 9.17) is 0 Å².